The molecule has 104 valence electrons. The van der Waals surface area contributed by atoms with E-state index >= 15 is 0 Å². The van der Waals surface area contributed by atoms with Crippen LogP contribution >= 0.6 is 0 Å². The number of methoxy groups -OCH3 is 1. The fraction of sp³-hybridized carbons (Fsp3) is 0.357. The van der Waals surface area contributed by atoms with Crippen molar-refractivity contribution in [1.29, 1.82) is 0 Å². The number of rotatable bonds is 8. The van der Waals surface area contributed by atoms with E-state index < -0.39 is 0 Å². The molecule has 0 atom stereocenters. The van der Waals surface area contributed by atoms with Crippen molar-refractivity contribution >= 4 is 5.91 Å². The largest absolute Gasteiger partial charge is 0.497 e. The van der Waals surface area contributed by atoms with Crippen molar-refractivity contribution in [2.75, 3.05) is 26.8 Å². The molecule has 0 unspecified atom stereocenters. The van der Waals surface area contributed by atoms with Gasteiger partial charge in [-0.05, 0) is 36.7 Å². The topological polar surface area (TPSA) is 73.6 Å². The first-order valence-electron chi connectivity index (χ1n) is 6.08. The molecule has 0 saturated heterocycles. The van der Waals surface area contributed by atoms with Gasteiger partial charge in [-0.2, -0.15) is 0 Å². The molecule has 3 N–H and O–H groups in total. The summed E-state index contributed by atoms with van der Waals surface area (Å²) in [6.45, 7) is 4.43. The molecule has 0 radical (unpaired) electrons. The lowest BCUT2D eigenvalue weighted by molar-refractivity contribution is -0.122. The van der Waals surface area contributed by atoms with Gasteiger partial charge < -0.3 is 20.5 Å². The van der Waals surface area contributed by atoms with Crippen molar-refractivity contribution in [2.24, 2.45) is 5.73 Å². The van der Waals surface area contributed by atoms with Crippen LogP contribution in [0.1, 0.15) is 5.56 Å². The van der Waals surface area contributed by atoms with Crippen molar-refractivity contribution in [3.8, 4) is 11.5 Å². The molecule has 0 aliphatic heterocycles. The fourth-order valence-electron chi connectivity index (χ4n) is 1.55. The van der Waals surface area contributed by atoms with Gasteiger partial charge in [0, 0.05) is 6.54 Å². The van der Waals surface area contributed by atoms with Crippen molar-refractivity contribution in [3.05, 3.63) is 36.4 Å². The number of nitrogens with one attached hydrogen (secondary N) is 1. The van der Waals surface area contributed by atoms with Crippen LogP contribution < -0.4 is 20.5 Å². The number of ether oxygens (including phenoxy) is 2. The molecular formula is C14H20N2O3. The summed E-state index contributed by atoms with van der Waals surface area (Å²) in [5, 5.41) is 2.65. The molecule has 0 aliphatic carbocycles. The molecule has 0 aliphatic rings. The average molecular weight is 264 g/mol. The molecular weight excluding hydrogens is 244 g/mol. The van der Waals surface area contributed by atoms with Crippen LogP contribution in [0.2, 0.25) is 0 Å². The maximum atomic E-state index is 11.4. The van der Waals surface area contributed by atoms with Gasteiger partial charge in [-0.25, -0.2) is 0 Å². The predicted octanol–water partition coefficient (Wildman–Crippen LogP) is 0.877. The maximum absolute atomic E-state index is 11.4. The minimum absolute atomic E-state index is 0.0300. The lowest BCUT2D eigenvalue weighted by Gasteiger charge is -2.12. The van der Waals surface area contributed by atoms with E-state index in [0.29, 0.717) is 25.3 Å². The summed E-state index contributed by atoms with van der Waals surface area (Å²) in [7, 11) is 1.60. The number of hydrogen-bond donors (Lipinski definition) is 2. The van der Waals surface area contributed by atoms with Gasteiger partial charge in [-0.1, -0.05) is 6.08 Å². The van der Waals surface area contributed by atoms with Crippen LogP contribution in [-0.4, -0.2) is 32.7 Å². The second-order valence-electron chi connectivity index (χ2n) is 3.89. The summed E-state index contributed by atoms with van der Waals surface area (Å²) in [4.78, 5) is 11.4. The van der Waals surface area contributed by atoms with Crippen LogP contribution in [0.5, 0.6) is 11.5 Å². The third-order valence-corrected chi connectivity index (χ3v) is 2.48. The fourth-order valence-corrected chi connectivity index (χ4v) is 1.55. The predicted molar refractivity (Wildman–Crippen MR) is 74.5 cm³/mol. The molecule has 0 heterocycles. The normalized spacial score (nSPS) is 9.79. The van der Waals surface area contributed by atoms with Crippen LogP contribution in [0.25, 0.3) is 0 Å². The van der Waals surface area contributed by atoms with E-state index in [4.69, 9.17) is 15.2 Å². The smallest absolute Gasteiger partial charge is 0.258 e. The van der Waals surface area contributed by atoms with E-state index in [9.17, 15) is 4.79 Å². The molecule has 0 fully saturated rings. The Morgan fingerprint density at radius 3 is 2.95 bits per heavy atom. The van der Waals surface area contributed by atoms with E-state index in [1.165, 1.54) is 0 Å². The zero-order chi connectivity index (χ0) is 14.1. The minimum atomic E-state index is -0.186. The van der Waals surface area contributed by atoms with E-state index in [0.717, 1.165) is 11.3 Å². The molecule has 0 bridgehead atoms. The maximum Gasteiger partial charge on any atom is 0.258 e. The van der Waals surface area contributed by atoms with Crippen molar-refractivity contribution in [3.63, 3.8) is 0 Å². The highest BCUT2D eigenvalue weighted by Crippen LogP contribution is 2.24. The molecule has 1 aromatic rings. The molecule has 5 nitrogen and oxygen atoms in total. The van der Waals surface area contributed by atoms with Crippen LogP contribution in [0, 0.1) is 0 Å². The van der Waals surface area contributed by atoms with Gasteiger partial charge in [-0.3, -0.25) is 4.79 Å². The standard InChI is InChI=1S/C14H20N2O3/c1-3-8-16-14(17)10-19-13-5-4-12(18-2)9-11(13)6-7-15/h3-5,9H,1,6-8,10,15H2,2H3,(H,16,17). The lowest BCUT2D eigenvalue weighted by Crippen LogP contribution is -2.29. The van der Waals surface area contributed by atoms with Gasteiger partial charge >= 0.3 is 0 Å². The molecule has 1 aromatic carbocycles. The average Bonchev–Trinajstić information content (AvgIpc) is 2.43. The van der Waals surface area contributed by atoms with Crippen molar-refractivity contribution in [1.82, 2.24) is 5.32 Å². The highest BCUT2D eigenvalue weighted by molar-refractivity contribution is 5.77. The van der Waals surface area contributed by atoms with Crippen LogP contribution in [0.3, 0.4) is 0 Å². The Morgan fingerprint density at radius 1 is 1.53 bits per heavy atom. The summed E-state index contributed by atoms with van der Waals surface area (Å²) < 4.78 is 10.6. The second-order valence-corrected chi connectivity index (χ2v) is 3.89. The molecule has 0 saturated carbocycles. The Bertz CT molecular complexity index is 433. The molecule has 1 rings (SSSR count). The SMILES string of the molecule is C=CCNC(=O)COc1ccc(OC)cc1CCN. The van der Waals surface area contributed by atoms with Gasteiger partial charge in [0.1, 0.15) is 11.5 Å². The molecule has 0 aromatic heterocycles. The Labute approximate surface area is 113 Å². The number of hydrogen-bond acceptors (Lipinski definition) is 4. The quantitative estimate of drug-likeness (QED) is 0.684. The third kappa shape index (κ3) is 5.01. The monoisotopic (exact) mass is 264 g/mol. The number of nitrogens with two attached hydrogens (primary N) is 1. The van der Waals surface area contributed by atoms with E-state index in [1.54, 1.807) is 25.3 Å². The summed E-state index contributed by atoms with van der Waals surface area (Å²) >= 11 is 0. The summed E-state index contributed by atoms with van der Waals surface area (Å²) in [6.07, 6.45) is 2.28. The van der Waals surface area contributed by atoms with E-state index in [-0.39, 0.29) is 12.5 Å². The second kappa shape index (κ2) is 8.16. The van der Waals surface area contributed by atoms with E-state index in [1.807, 2.05) is 6.07 Å². The number of benzene rings is 1. The van der Waals surface area contributed by atoms with Gasteiger partial charge in [0.15, 0.2) is 6.61 Å². The van der Waals surface area contributed by atoms with Gasteiger partial charge in [0.25, 0.3) is 5.91 Å². The van der Waals surface area contributed by atoms with Gasteiger partial charge in [0.2, 0.25) is 0 Å². The first-order chi connectivity index (χ1) is 9.21. The van der Waals surface area contributed by atoms with E-state index in [2.05, 4.69) is 11.9 Å². The zero-order valence-electron chi connectivity index (χ0n) is 11.1. The Morgan fingerprint density at radius 2 is 2.32 bits per heavy atom. The lowest BCUT2D eigenvalue weighted by atomic mass is 10.1. The molecule has 0 spiro atoms. The minimum Gasteiger partial charge on any atom is -0.497 e. The van der Waals surface area contributed by atoms with Crippen LogP contribution in [0.4, 0.5) is 0 Å². The number of carbonyl (C=O) groups excluding carboxylic acids is 1. The number of amides is 1. The van der Waals surface area contributed by atoms with Crippen molar-refractivity contribution in [2.45, 2.75) is 6.42 Å². The first kappa shape index (κ1) is 15.0. The van der Waals surface area contributed by atoms with Crippen molar-refractivity contribution < 1.29 is 14.3 Å². The van der Waals surface area contributed by atoms with Crippen LogP contribution in [0.15, 0.2) is 30.9 Å². The Balaban J connectivity index is 2.65. The third-order valence-electron chi connectivity index (χ3n) is 2.48. The summed E-state index contributed by atoms with van der Waals surface area (Å²) in [5.41, 5.74) is 6.48. The van der Waals surface area contributed by atoms with Gasteiger partial charge in [0.05, 0.1) is 7.11 Å². The highest BCUT2D eigenvalue weighted by Gasteiger charge is 2.07. The molecule has 5 heteroatoms. The zero-order valence-corrected chi connectivity index (χ0v) is 11.1. The molecule has 1 amide bonds. The van der Waals surface area contributed by atoms with Gasteiger partial charge in [-0.15, -0.1) is 6.58 Å². The summed E-state index contributed by atoms with van der Waals surface area (Å²) in [5.74, 6) is 1.21. The Hall–Kier alpha value is -2.01. The summed E-state index contributed by atoms with van der Waals surface area (Å²) in [6, 6.07) is 5.44. The number of carbonyl (C=O) groups is 1. The molecule has 19 heavy (non-hydrogen) atoms. The first-order valence-corrected chi connectivity index (χ1v) is 6.08. The highest BCUT2D eigenvalue weighted by atomic mass is 16.5. The Kier molecular flexibility index (Phi) is 6.46. The van der Waals surface area contributed by atoms with Crippen LogP contribution in [-0.2, 0) is 11.2 Å².